The average Bonchev–Trinajstić information content (AvgIpc) is 2.96. The highest BCUT2D eigenvalue weighted by atomic mass is 127. The van der Waals surface area contributed by atoms with Gasteiger partial charge in [0.05, 0.1) is 6.54 Å². The van der Waals surface area contributed by atoms with Gasteiger partial charge in [-0.1, -0.05) is 13.8 Å². The highest BCUT2D eigenvalue weighted by Gasteiger charge is 2.34. The lowest BCUT2D eigenvalue weighted by atomic mass is 9.97. The third-order valence-corrected chi connectivity index (χ3v) is 5.02. The highest BCUT2D eigenvalue weighted by Crippen LogP contribution is 2.20. The quantitative estimate of drug-likeness (QED) is 0.331. The van der Waals surface area contributed by atoms with Crippen LogP contribution in [-0.4, -0.2) is 80.8 Å². The minimum atomic E-state index is -4.13. The van der Waals surface area contributed by atoms with Crippen molar-refractivity contribution in [3.8, 4) is 0 Å². The van der Waals surface area contributed by atoms with Gasteiger partial charge in [-0.2, -0.15) is 13.2 Å². The number of guanidine groups is 1. The van der Waals surface area contributed by atoms with E-state index >= 15 is 0 Å². The molecule has 2 aliphatic rings. The van der Waals surface area contributed by atoms with E-state index in [9.17, 15) is 13.2 Å². The zero-order valence-electron chi connectivity index (χ0n) is 16.7. The second-order valence-electron chi connectivity index (χ2n) is 8.10. The number of nitrogens with one attached hydrogen (secondary N) is 2. The van der Waals surface area contributed by atoms with Gasteiger partial charge in [-0.15, -0.1) is 24.0 Å². The maximum Gasteiger partial charge on any atom is 0.401 e. The van der Waals surface area contributed by atoms with Crippen LogP contribution < -0.4 is 10.6 Å². The fourth-order valence-electron chi connectivity index (χ4n) is 3.98. The number of hydrogen-bond acceptors (Lipinski definition) is 3. The molecule has 0 aromatic carbocycles. The Labute approximate surface area is 178 Å². The number of nitrogens with zero attached hydrogens (tertiary/aromatic N) is 3. The molecule has 0 aliphatic carbocycles. The molecule has 0 saturated carbocycles. The van der Waals surface area contributed by atoms with Crippen LogP contribution in [-0.2, 0) is 0 Å². The van der Waals surface area contributed by atoms with Crippen molar-refractivity contribution in [1.82, 2.24) is 20.4 Å². The predicted octanol–water partition coefficient (Wildman–Crippen LogP) is 2.77. The molecule has 2 atom stereocenters. The molecular weight excluding hydrogens is 470 g/mol. The molecule has 2 heterocycles. The molecule has 0 radical (unpaired) electrons. The first-order valence-corrected chi connectivity index (χ1v) is 9.74. The fraction of sp³-hybridized carbons (Fsp3) is 0.944. The van der Waals surface area contributed by atoms with Gasteiger partial charge in [-0.3, -0.25) is 9.89 Å². The number of rotatable bonds is 6. The van der Waals surface area contributed by atoms with Crippen LogP contribution in [0.1, 0.15) is 33.1 Å². The van der Waals surface area contributed by atoms with Gasteiger partial charge in [0.25, 0.3) is 0 Å². The Morgan fingerprint density at radius 2 is 1.89 bits per heavy atom. The van der Waals surface area contributed by atoms with Crippen molar-refractivity contribution in [3.05, 3.63) is 0 Å². The van der Waals surface area contributed by atoms with E-state index in [2.05, 4.69) is 34.4 Å². The zero-order chi connectivity index (χ0) is 19.2. The Morgan fingerprint density at radius 1 is 1.15 bits per heavy atom. The monoisotopic (exact) mass is 505 g/mol. The summed E-state index contributed by atoms with van der Waals surface area (Å²) in [6, 6.07) is 0.0207. The maximum absolute atomic E-state index is 12.5. The van der Waals surface area contributed by atoms with Crippen molar-refractivity contribution in [3.63, 3.8) is 0 Å². The number of aliphatic imine (C=N–C) groups is 1. The van der Waals surface area contributed by atoms with Crippen molar-refractivity contribution in [2.45, 2.75) is 45.3 Å². The summed E-state index contributed by atoms with van der Waals surface area (Å²) in [7, 11) is 1.71. The SMILES string of the molecule is CN=C(NCC1CCCN(CC(C)C)C1)NC1CCN(CC(F)(F)F)C1.I. The third-order valence-electron chi connectivity index (χ3n) is 5.02. The summed E-state index contributed by atoms with van der Waals surface area (Å²) in [5.74, 6) is 1.97. The van der Waals surface area contributed by atoms with E-state index in [4.69, 9.17) is 0 Å². The molecule has 0 aromatic heterocycles. The van der Waals surface area contributed by atoms with Crippen LogP contribution in [0.5, 0.6) is 0 Å². The van der Waals surface area contributed by atoms with Gasteiger partial charge in [0.1, 0.15) is 0 Å². The molecule has 0 spiro atoms. The molecule has 0 aromatic rings. The number of alkyl halides is 3. The van der Waals surface area contributed by atoms with E-state index in [1.165, 1.54) is 24.3 Å². The first kappa shape index (κ1) is 24.7. The van der Waals surface area contributed by atoms with Crippen LogP contribution >= 0.6 is 24.0 Å². The fourth-order valence-corrected chi connectivity index (χ4v) is 3.98. The molecule has 2 unspecified atom stereocenters. The Kier molecular flexibility index (Phi) is 10.7. The van der Waals surface area contributed by atoms with Gasteiger partial charge in [0.15, 0.2) is 5.96 Å². The first-order valence-electron chi connectivity index (χ1n) is 9.74. The number of hydrogen-bond donors (Lipinski definition) is 2. The summed E-state index contributed by atoms with van der Waals surface area (Å²) in [6.45, 7) is 8.82. The van der Waals surface area contributed by atoms with Crippen LogP contribution in [0.25, 0.3) is 0 Å². The van der Waals surface area contributed by atoms with E-state index in [-0.39, 0.29) is 30.0 Å². The van der Waals surface area contributed by atoms with Crippen molar-refractivity contribution in [2.24, 2.45) is 16.8 Å². The van der Waals surface area contributed by atoms with Crippen LogP contribution in [0.2, 0.25) is 0 Å². The summed E-state index contributed by atoms with van der Waals surface area (Å²) in [5, 5.41) is 6.66. The standard InChI is InChI=1S/C18H34F3N5.HI/c1-14(2)10-25-7-4-5-15(11-25)9-23-17(22-3)24-16-6-8-26(12-16)13-18(19,20)21;/h14-16H,4-13H2,1-3H3,(H2,22,23,24);1H. The zero-order valence-corrected chi connectivity index (χ0v) is 19.0. The van der Waals surface area contributed by atoms with Gasteiger partial charge < -0.3 is 15.5 Å². The van der Waals surface area contributed by atoms with Gasteiger partial charge in [0, 0.05) is 45.8 Å². The topological polar surface area (TPSA) is 42.9 Å². The van der Waals surface area contributed by atoms with E-state index in [0.717, 1.165) is 19.6 Å². The smallest absolute Gasteiger partial charge is 0.356 e. The summed E-state index contributed by atoms with van der Waals surface area (Å²) < 4.78 is 37.5. The second-order valence-corrected chi connectivity index (χ2v) is 8.10. The van der Waals surface area contributed by atoms with Crippen molar-refractivity contribution < 1.29 is 13.2 Å². The molecule has 27 heavy (non-hydrogen) atoms. The van der Waals surface area contributed by atoms with Gasteiger partial charge in [-0.25, -0.2) is 0 Å². The lowest BCUT2D eigenvalue weighted by Crippen LogP contribution is -2.48. The lowest BCUT2D eigenvalue weighted by Gasteiger charge is -2.34. The summed E-state index contributed by atoms with van der Waals surface area (Å²) in [6.07, 6.45) is -0.985. The largest absolute Gasteiger partial charge is 0.401 e. The first-order chi connectivity index (χ1) is 12.2. The highest BCUT2D eigenvalue weighted by molar-refractivity contribution is 14.0. The van der Waals surface area contributed by atoms with Crippen LogP contribution in [0.15, 0.2) is 4.99 Å². The van der Waals surface area contributed by atoms with Crippen LogP contribution in [0.3, 0.4) is 0 Å². The molecule has 2 N–H and O–H groups in total. The molecule has 2 rings (SSSR count). The normalized spacial score (nSPS) is 25.5. The molecule has 9 heteroatoms. The second kappa shape index (κ2) is 11.6. The summed E-state index contributed by atoms with van der Waals surface area (Å²) in [5.41, 5.74) is 0. The molecule has 2 saturated heterocycles. The molecule has 5 nitrogen and oxygen atoms in total. The third kappa shape index (κ3) is 9.65. The van der Waals surface area contributed by atoms with Crippen LogP contribution in [0, 0.1) is 11.8 Å². The number of halogens is 4. The van der Waals surface area contributed by atoms with E-state index in [1.54, 1.807) is 7.05 Å². The Hall–Kier alpha value is -0.290. The van der Waals surface area contributed by atoms with Gasteiger partial charge in [0.2, 0.25) is 0 Å². The number of piperidine rings is 1. The molecule has 2 fully saturated rings. The Bertz CT molecular complexity index is 459. The Morgan fingerprint density at radius 3 is 2.52 bits per heavy atom. The summed E-state index contributed by atoms with van der Waals surface area (Å²) >= 11 is 0. The molecule has 0 amide bonds. The number of likely N-dealkylation sites (tertiary alicyclic amines) is 2. The summed E-state index contributed by atoms with van der Waals surface area (Å²) in [4.78, 5) is 8.23. The minimum absolute atomic E-state index is 0. The minimum Gasteiger partial charge on any atom is -0.356 e. The Balaban J connectivity index is 0.00000364. The van der Waals surface area contributed by atoms with Crippen molar-refractivity contribution in [1.29, 1.82) is 0 Å². The van der Waals surface area contributed by atoms with Gasteiger partial charge >= 0.3 is 6.18 Å². The van der Waals surface area contributed by atoms with E-state index in [0.29, 0.717) is 37.3 Å². The maximum atomic E-state index is 12.5. The predicted molar refractivity (Wildman–Crippen MR) is 115 cm³/mol. The molecular formula is C18H35F3IN5. The average molecular weight is 505 g/mol. The van der Waals surface area contributed by atoms with Crippen molar-refractivity contribution >= 4 is 29.9 Å². The molecule has 160 valence electrons. The van der Waals surface area contributed by atoms with E-state index in [1.807, 2.05) is 0 Å². The lowest BCUT2D eigenvalue weighted by molar-refractivity contribution is -0.143. The van der Waals surface area contributed by atoms with Crippen LogP contribution in [0.4, 0.5) is 13.2 Å². The van der Waals surface area contributed by atoms with Crippen molar-refractivity contribution in [2.75, 3.05) is 52.9 Å². The van der Waals surface area contributed by atoms with E-state index < -0.39 is 12.7 Å². The van der Waals surface area contributed by atoms with Gasteiger partial charge in [-0.05, 0) is 37.6 Å². The molecule has 0 bridgehead atoms. The molecule has 2 aliphatic heterocycles.